The van der Waals surface area contributed by atoms with Crippen molar-refractivity contribution in [3.05, 3.63) is 22.7 Å². The van der Waals surface area contributed by atoms with E-state index in [2.05, 4.69) is 14.7 Å². The molecule has 7 heteroatoms. The molecule has 1 aromatic rings. The summed E-state index contributed by atoms with van der Waals surface area (Å²) in [5.41, 5.74) is -0.291. The van der Waals surface area contributed by atoms with Crippen LogP contribution in [-0.2, 0) is 4.74 Å². The minimum absolute atomic E-state index is 0.00454. The predicted molar refractivity (Wildman–Crippen MR) is 46.0 cm³/mol. The summed E-state index contributed by atoms with van der Waals surface area (Å²) in [5.74, 6) is -1.25. The number of aromatic nitrogens is 2. The molecule has 0 saturated heterocycles. The molecule has 14 heavy (non-hydrogen) atoms. The first-order valence-electron chi connectivity index (χ1n) is 3.53. The van der Waals surface area contributed by atoms with E-state index in [1.165, 1.54) is 7.11 Å². The first-order chi connectivity index (χ1) is 6.54. The first kappa shape index (κ1) is 10.8. The standard InChI is InChI=1S/C7H7ClN2O4/c1-14-6(13)4-2-3(5(11)12)9-7(8)10-4/h2,6,13H,1H3,(H,11,12). The van der Waals surface area contributed by atoms with Crippen LogP contribution in [0.3, 0.4) is 0 Å². The molecule has 76 valence electrons. The second-order valence-corrected chi connectivity index (χ2v) is 2.68. The summed E-state index contributed by atoms with van der Waals surface area (Å²) in [5, 5.41) is 17.6. The molecule has 1 rings (SSSR count). The predicted octanol–water partition coefficient (Wildman–Crippen LogP) is 0.465. The molecule has 0 aliphatic heterocycles. The van der Waals surface area contributed by atoms with Crippen molar-refractivity contribution in [2.75, 3.05) is 7.11 Å². The Bertz CT molecular complexity index is 358. The minimum atomic E-state index is -1.31. The molecule has 2 N–H and O–H groups in total. The van der Waals surface area contributed by atoms with Crippen LogP contribution >= 0.6 is 11.6 Å². The maximum absolute atomic E-state index is 10.5. The summed E-state index contributed by atoms with van der Waals surface area (Å²) >= 11 is 5.44. The molecule has 1 heterocycles. The van der Waals surface area contributed by atoms with Gasteiger partial charge < -0.3 is 14.9 Å². The highest BCUT2D eigenvalue weighted by Crippen LogP contribution is 2.14. The van der Waals surface area contributed by atoms with Crippen molar-refractivity contribution in [3.8, 4) is 0 Å². The van der Waals surface area contributed by atoms with Gasteiger partial charge in [-0.1, -0.05) is 0 Å². The lowest BCUT2D eigenvalue weighted by Crippen LogP contribution is -2.08. The van der Waals surface area contributed by atoms with E-state index in [-0.39, 0.29) is 16.7 Å². The average Bonchev–Trinajstić information content (AvgIpc) is 2.15. The number of methoxy groups -OCH3 is 1. The Morgan fingerprint density at radius 2 is 2.29 bits per heavy atom. The van der Waals surface area contributed by atoms with E-state index in [0.717, 1.165) is 6.07 Å². The van der Waals surface area contributed by atoms with E-state index in [0.29, 0.717) is 0 Å². The summed E-state index contributed by atoms with van der Waals surface area (Å²) in [6.07, 6.45) is -1.31. The number of aliphatic hydroxyl groups is 1. The van der Waals surface area contributed by atoms with Crippen LogP contribution in [0.5, 0.6) is 0 Å². The van der Waals surface area contributed by atoms with Gasteiger partial charge in [-0.15, -0.1) is 0 Å². The average molecular weight is 219 g/mol. The van der Waals surface area contributed by atoms with Crippen LogP contribution in [0.15, 0.2) is 6.07 Å². The van der Waals surface area contributed by atoms with Gasteiger partial charge in [-0.25, -0.2) is 14.8 Å². The Morgan fingerprint density at radius 1 is 1.64 bits per heavy atom. The number of rotatable bonds is 3. The zero-order valence-corrected chi connectivity index (χ0v) is 7.89. The van der Waals surface area contributed by atoms with Crippen molar-refractivity contribution in [2.45, 2.75) is 6.29 Å². The van der Waals surface area contributed by atoms with E-state index in [1.807, 2.05) is 0 Å². The van der Waals surface area contributed by atoms with Gasteiger partial charge in [0.05, 0.1) is 0 Å². The molecule has 0 spiro atoms. The maximum atomic E-state index is 10.5. The zero-order chi connectivity index (χ0) is 10.7. The monoisotopic (exact) mass is 218 g/mol. The van der Waals surface area contributed by atoms with Crippen molar-refractivity contribution >= 4 is 17.6 Å². The third kappa shape index (κ3) is 2.38. The fraction of sp³-hybridized carbons (Fsp3) is 0.286. The van der Waals surface area contributed by atoms with Crippen molar-refractivity contribution < 1.29 is 19.7 Å². The number of carboxylic acids is 1. The molecule has 0 aliphatic carbocycles. The van der Waals surface area contributed by atoms with E-state index >= 15 is 0 Å². The lowest BCUT2D eigenvalue weighted by atomic mass is 10.3. The van der Waals surface area contributed by atoms with Crippen LogP contribution in [0.25, 0.3) is 0 Å². The van der Waals surface area contributed by atoms with Crippen molar-refractivity contribution in [2.24, 2.45) is 0 Å². The van der Waals surface area contributed by atoms with Crippen molar-refractivity contribution in [3.63, 3.8) is 0 Å². The molecule has 0 fully saturated rings. The van der Waals surface area contributed by atoms with Crippen LogP contribution in [-0.4, -0.2) is 33.3 Å². The quantitative estimate of drug-likeness (QED) is 0.566. The SMILES string of the molecule is COC(O)c1cc(C(=O)O)nc(Cl)n1. The number of ether oxygens (including phenoxy) is 1. The molecule has 0 saturated carbocycles. The number of carbonyl (C=O) groups is 1. The Kier molecular flexibility index (Phi) is 3.34. The summed E-state index contributed by atoms with van der Waals surface area (Å²) in [6.45, 7) is 0. The number of hydrogen-bond donors (Lipinski definition) is 2. The van der Waals surface area contributed by atoms with Gasteiger partial charge in [0, 0.05) is 7.11 Å². The number of aromatic carboxylic acids is 1. The van der Waals surface area contributed by atoms with Gasteiger partial charge in [-0.05, 0) is 17.7 Å². The van der Waals surface area contributed by atoms with Gasteiger partial charge in [0.15, 0.2) is 12.0 Å². The van der Waals surface area contributed by atoms with E-state index in [9.17, 15) is 9.90 Å². The minimum Gasteiger partial charge on any atom is -0.477 e. The fourth-order valence-electron chi connectivity index (χ4n) is 0.792. The van der Waals surface area contributed by atoms with Crippen LogP contribution in [0.4, 0.5) is 0 Å². The number of halogens is 1. The van der Waals surface area contributed by atoms with Crippen molar-refractivity contribution in [1.29, 1.82) is 0 Å². The molecule has 6 nitrogen and oxygen atoms in total. The molecular weight excluding hydrogens is 212 g/mol. The molecule has 0 aliphatic rings. The zero-order valence-electron chi connectivity index (χ0n) is 7.14. The second-order valence-electron chi connectivity index (χ2n) is 2.34. The van der Waals surface area contributed by atoms with E-state index in [4.69, 9.17) is 16.7 Å². The highest BCUT2D eigenvalue weighted by atomic mass is 35.5. The Labute approximate surface area is 84.1 Å². The molecule has 1 atom stereocenters. The maximum Gasteiger partial charge on any atom is 0.354 e. The number of carboxylic acid groups (broad SMARTS) is 1. The Hall–Kier alpha value is -1.24. The van der Waals surface area contributed by atoms with Gasteiger partial charge >= 0.3 is 5.97 Å². The fourth-order valence-corrected chi connectivity index (χ4v) is 0.981. The Morgan fingerprint density at radius 3 is 2.79 bits per heavy atom. The summed E-state index contributed by atoms with van der Waals surface area (Å²) in [4.78, 5) is 17.6. The molecule has 1 aromatic heterocycles. The lowest BCUT2D eigenvalue weighted by Gasteiger charge is -2.07. The van der Waals surface area contributed by atoms with Crippen molar-refractivity contribution in [1.82, 2.24) is 9.97 Å². The highest BCUT2D eigenvalue weighted by molar-refractivity contribution is 6.28. The van der Waals surface area contributed by atoms with Crippen LogP contribution in [0, 0.1) is 0 Å². The normalized spacial score (nSPS) is 12.5. The molecule has 0 radical (unpaired) electrons. The van der Waals surface area contributed by atoms with Gasteiger partial charge in [-0.2, -0.15) is 0 Å². The molecule has 1 unspecified atom stereocenters. The molecule has 0 aromatic carbocycles. The van der Waals surface area contributed by atoms with E-state index < -0.39 is 12.3 Å². The van der Waals surface area contributed by atoms with Gasteiger partial charge in [-0.3, -0.25) is 0 Å². The van der Waals surface area contributed by atoms with Gasteiger partial charge in [0.25, 0.3) is 0 Å². The first-order valence-corrected chi connectivity index (χ1v) is 3.91. The smallest absolute Gasteiger partial charge is 0.354 e. The summed E-state index contributed by atoms with van der Waals surface area (Å²) in [7, 11) is 1.25. The largest absolute Gasteiger partial charge is 0.477 e. The molecule has 0 bridgehead atoms. The van der Waals surface area contributed by atoms with E-state index in [1.54, 1.807) is 0 Å². The van der Waals surface area contributed by atoms with Gasteiger partial charge in [0.2, 0.25) is 5.28 Å². The number of nitrogens with zero attached hydrogens (tertiary/aromatic N) is 2. The third-order valence-electron chi connectivity index (χ3n) is 1.41. The highest BCUT2D eigenvalue weighted by Gasteiger charge is 2.14. The van der Waals surface area contributed by atoms with Crippen LogP contribution < -0.4 is 0 Å². The molecule has 0 amide bonds. The second kappa shape index (κ2) is 4.32. The summed E-state index contributed by atoms with van der Waals surface area (Å²) < 4.78 is 4.54. The van der Waals surface area contributed by atoms with Gasteiger partial charge in [0.1, 0.15) is 5.69 Å². The lowest BCUT2D eigenvalue weighted by molar-refractivity contribution is -0.0799. The number of aliphatic hydroxyl groups excluding tert-OH is 1. The topological polar surface area (TPSA) is 92.5 Å². The summed E-state index contributed by atoms with van der Waals surface area (Å²) in [6, 6.07) is 1.09. The Balaban J connectivity index is 3.13. The van der Waals surface area contributed by atoms with Crippen LogP contribution in [0.2, 0.25) is 5.28 Å². The number of hydrogen-bond acceptors (Lipinski definition) is 5. The van der Waals surface area contributed by atoms with Crippen LogP contribution in [0.1, 0.15) is 22.5 Å². The third-order valence-corrected chi connectivity index (χ3v) is 1.58. The molecular formula is C7H7ClN2O4.